The molecule has 3 rings (SSSR count). The minimum atomic E-state index is -0.573. The van der Waals surface area contributed by atoms with Crippen LogP contribution in [0.5, 0.6) is 5.75 Å². The molecule has 1 aromatic heterocycles. The molecule has 2 aromatic carbocycles. The number of amides is 1. The molecule has 0 saturated heterocycles. The molecular formula is C18H17NO3. The van der Waals surface area contributed by atoms with Gasteiger partial charge in [-0.25, -0.2) is 0 Å². The van der Waals surface area contributed by atoms with Crippen molar-refractivity contribution in [3.63, 3.8) is 0 Å². The first kappa shape index (κ1) is 14.2. The molecule has 0 radical (unpaired) electrons. The van der Waals surface area contributed by atoms with Crippen LogP contribution in [0.15, 0.2) is 65.3 Å². The van der Waals surface area contributed by atoms with E-state index in [1.807, 2.05) is 48.5 Å². The fraction of sp³-hybridized carbons (Fsp3) is 0.167. The van der Waals surface area contributed by atoms with Crippen molar-refractivity contribution >= 4 is 16.7 Å². The fourth-order valence-corrected chi connectivity index (χ4v) is 2.23. The molecule has 0 aliphatic carbocycles. The van der Waals surface area contributed by atoms with Crippen molar-refractivity contribution in [1.82, 2.24) is 5.32 Å². The minimum Gasteiger partial charge on any atom is -0.481 e. The van der Waals surface area contributed by atoms with Gasteiger partial charge in [0.25, 0.3) is 5.91 Å². The van der Waals surface area contributed by atoms with Crippen LogP contribution in [0.4, 0.5) is 0 Å². The Bertz CT molecular complexity index is 765. The third kappa shape index (κ3) is 3.28. The fourth-order valence-electron chi connectivity index (χ4n) is 2.23. The van der Waals surface area contributed by atoms with Gasteiger partial charge in [-0.05, 0) is 42.0 Å². The molecule has 1 atom stereocenters. The zero-order chi connectivity index (χ0) is 15.4. The molecule has 0 spiro atoms. The average molecular weight is 295 g/mol. The molecule has 3 aromatic rings. The number of fused-ring (bicyclic) bond motifs is 1. The first-order valence-corrected chi connectivity index (χ1v) is 7.18. The van der Waals surface area contributed by atoms with E-state index in [0.29, 0.717) is 18.1 Å². The first-order valence-electron chi connectivity index (χ1n) is 7.18. The van der Waals surface area contributed by atoms with Gasteiger partial charge in [0, 0.05) is 0 Å². The van der Waals surface area contributed by atoms with Crippen LogP contribution in [0.1, 0.15) is 12.7 Å². The minimum absolute atomic E-state index is 0.176. The van der Waals surface area contributed by atoms with Gasteiger partial charge in [-0.2, -0.15) is 0 Å². The molecule has 1 amide bonds. The highest BCUT2D eigenvalue weighted by atomic mass is 16.5. The first-order chi connectivity index (χ1) is 10.7. The van der Waals surface area contributed by atoms with Crippen LogP contribution >= 0.6 is 0 Å². The molecule has 0 bridgehead atoms. The maximum absolute atomic E-state index is 12.0. The number of rotatable bonds is 5. The van der Waals surface area contributed by atoms with Crippen molar-refractivity contribution in [2.75, 3.05) is 0 Å². The lowest BCUT2D eigenvalue weighted by molar-refractivity contribution is -0.127. The Morgan fingerprint density at radius 3 is 2.73 bits per heavy atom. The van der Waals surface area contributed by atoms with Gasteiger partial charge >= 0.3 is 0 Å². The van der Waals surface area contributed by atoms with E-state index in [4.69, 9.17) is 9.15 Å². The Kier molecular flexibility index (Phi) is 4.10. The Morgan fingerprint density at radius 1 is 1.14 bits per heavy atom. The summed E-state index contributed by atoms with van der Waals surface area (Å²) in [6.07, 6.45) is 1.01. The van der Waals surface area contributed by atoms with E-state index in [0.717, 1.165) is 10.8 Å². The Hall–Kier alpha value is -2.75. The average Bonchev–Trinajstić information content (AvgIpc) is 3.06. The number of furan rings is 1. The topological polar surface area (TPSA) is 51.5 Å². The van der Waals surface area contributed by atoms with E-state index < -0.39 is 6.10 Å². The molecule has 22 heavy (non-hydrogen) atoms. The van der Waals surface area contributed by atoms with Gasteiger partial charge in [0.1, 0.15) is 11.5 Å². The highest BCUT2D eigenvalue weighted by Gasteiger charge is 2.14. The lowest BCUT2D eigenvalue weighted by Crippen LogP contribution is -2.35. The van der Waals surface area contributed by atoms with E-state index in [-0.39, 0.29) is 5.91 Å². The molecule has 1 N–H and O–H groups in total. The van der Waals surface area contributed by atoms with Crippen molar-refractivity contribution in [3.8, 4) is 5.75 Å². The summed E-state index contributed by atoms with van der Waals surface area (Å²) in [6, 6.07) is 17.4. The maximum atomic E-state index is 12.0. The van der Waals surface area contributed by atoms with Crippen LogP contribution in [-0.4, -0.2) is 12.0 Å². The second-order valence-electron chi connectivity index (χ2n) is 5.07. The molecule has 0 aliphatic heterocycles. The van der Waals surface area contributed by atoms with Crippen molar-refractivity contribution in [1.29, 1.82) is 0 Å². The molecule has 4 nitrogen and oxygen atoms in total. The summed E-state index contributed by atoms with van der Waals surface area (Å²) in [5, 5.41) is 5.01. The zero-order valence-electron chi connectivity index (χ0n) is 12.3. The number of carbonyl (C=O) groups is 1. The van der Waals surface area contributed by atoms with Crippen molar-refractivity contribution in [3.05, 3.63) is 66.6 Å². The van der Waals surface area contributed by atoms with E-state index in [1.54, 1.807) is 19.3 Å². The highest BCUT2D eigenvalue weighted by molar-refractivity contribution is 5.84. The third-order valence-corrected chi connectivity index (χ3v) is 3.42. The van der Waals surface area contributed by atoms with Gasteiger partial charge in [0.15, 0.2) is 6.10 Å². The van der Waals surface area contributed by atoms with E-state index in [1.165, 1.54) is 0 Å². The Balaban J connectivity index is 1.61. The van der Waals surface area contributed by atoms with E-state index in [9.17, 15) is 4.79 Å². The number of benzene rings is 2. The van der Waals surface area contributed by atoms with Gasteiger partial charge in [-0.3, -0.25) is 4.79 Å². The van der Waals surface area contributed by atoms with Crippen molar-refractivity contribution in [2.45, 2.75) is 19.6 Å². The third-order valence-electron chi connectivity index (χ3n) is 3.42. The van der Waals surface area contributed by atoms with Crippen LogP contribution in [-0.2, 0) is 11.3 Å². The molecule has 0 saturated carbocycles. The number of hydrogen-bond acceptors (Lipinski definition) is 3. The van der Waals surface area contributed by atoms with Crippen LogP contribution in [0.25, 0.3) is 10.8 Å². The molecular weight excluding hydrogens is 278 g/mol. The summed E-state index contributed by atoms with van der Waals surface area (Å²) in [6.45, 7) is 2.09. The van der Waals surface area contributed by atoms with Crippen LogP contribution in [0, 0.1) is 0 Å². The number of ether oxygens (including phenoxy) is 1. The van der Waals surface area contributed by atoms with E-state index >= 15 is 0 Å². The Labute approximate surface area is 128 Å². The molecule has 0 fully saturated rings. The predicted octanol–water partition coefficient (Wildman–Crippen LogP) is 3.52. The molecule has 112 valence electrons. The number of carbonyl (C=O) groups excluding carboxylic acids is 1. The van der Waals surface area contributed by atoms with Gasteiger partial charge in [-0.15, -0.1) is 0 Å². The van der Waals surface area contributed by atoms with Crippen LogP contribution in [0.2, 0.25) is 0 Å². The van der Waals surface area contributed by atoms with Gasteiger partial charge in [-0.1, -0.05) is 30.3 Å². The van der Waals surface area contributed by atoms with Crippen molar-refractivity contribution < 1.29 is 13.9 Å². The lowest BCUT2D eigenvalue weighted by atomic mass is 10.1. The number of nitrogens with one attached hydrogen (secondary N) is 1. The molecule has 0 unspecified atom stereocenters. The summed E-state index contributed by atoms with van der Waals surface area (Å²) in [4.78, 5) is 12.0. The van der Waals surface area contributed by atoms with Crippen molar-refractivity contribution in [2.24, 2.45) is 0 Å². The van der Waals surface area contributed by atoms with Gasteiger partial charge in [0.05, 0.1) is 12.8 Å². The Morgan fingerprint density at radius 2 is 1.95 bits per heavy atom. The summed E-state index contributed by atoms with van der Waals surface area (Å²) in [7, 11) is 0. The van der Waals surface area contributed by atoms with E-state index in [2.05, 4.69) is 5.32 Å². The monoisotopic (exact) mass is 295 g/mol. The highest BCUT2D eigenvalue weighted by Crippen LogP contribution is 2.21. The summed E-state index contributed by atoms with van der Waals surface area (Å²) in [5.41, 5.74) is 0. The maximum Gasteiger partial charge on any atom is 0.261 e. The SMILES string of the molecule is C[C@@H](Oc1ccc2ccccc2c1)C(=O)NCc1ccco1. The predicted molar refractivity (Wildman–Crippen MR) is 84.6 cm³/mol. The normalized spacial score (nSPS) is 12.0. The second kappa shape index (κ2) is 6.35. The molecule has 1 heterocycles. The second-order valence-corrected chi connectivity index (χ2v) is 5.07. The van der Waals surface area contributed by atoms with Gasteiger partial charge in [0.2, 0.25) is 0 Å². The quantitative estimate of drug-likeness (QED) is 0.783. The summed E-state index contributed by atoms with van der Waals surface area (Å²) in [5.74, 6) is 1.22. The standard InChI is InChI=1S/C18H17NO3/c1-13(18(20)19-12-17-7-4-10-21-17)22-16-9-8-14-5-2-3-6-15(14)11-16/h2-11,13H,12H2,1H3,(H,19,20)/t13-/m1/s1. The summed E-state index contributed by atoms with van der Waals surface area (Å²) < 4.78 is 10.9. The smallest absolute Gasteiger partial charge is 0.261 e. The summed E-state index contributed by atoms with van der Waals surface area (Å²) >= 11 is 0. The largest absolute Gasteiger partial charge is 0.481 e. The van der Waals surface area contributed by atoms with Crippen LogP contribution in [0.3, 0.4) is 0 Å². The lowest BCUT2D eigenvalue weighted by Gasteiger charge is -2.14. The zero-order valence-corrected chi connectivity index (χ0v) is 12.3. The van der Waals surface area contributed by atoms with Crippen LogP contribution < -0.4 is 10.1 Å². The molecule has 4 heteroatoms. The molecule has 0 aliphatic rings. The van der Waals surface area contributed by atoms with Gasteiger partial charge < -0.3 is 14.5 Å². The number of hydrogen-bond donors (Lipinski definition) is 1.